The second kappa shape index (κ2) is 3.86. The van der Waals surface area contributed by atoms with Crippen LogP contribution in [0.5, 0.6) is 0 Å². The molecule has 78 valence electrons. The van der Waals surface area contributed by atoms with Crippen molar-refractivity contribution in [1.82, 2.24) is 0 Å². The van der Waals surface area contributed by atoms with E-state index in [0.717, 1.165) is 6.42 Å². The molecule has 0 bridgehead atoms. The monoisotopic (exact) mass is 196 g/mol. The minimum atomic E-state index is -4.08. The topological polar surface area (TPSA) is 20.2 Å². The Balaban J connectivity index is 2.52. The summed E-state index contributed by atoms with van der Waals surface area (Å²) in [5.74, 6) is -1.36. The number of alkyl halides is 3. The molecule has 0 radical (unpaired) electrons. The standard InChI is InChI=1S/C9H15F3O/c1-6(13)7-3-2-4-8(5-7)9(10,11)12/h6-8,13H,2-5H2,1H3. The fraction of sp³-hybridized carbons (Fsp3) is 1.00. The Morgan fingerprint density at radius 1 is 1.31 bits per heavy atom. The van der Waals surface area contributed by atoms with E-state index in [1.165, 1.54) is 0 Å². The van der Waals surface area contributed by atoms with Gasteiger partial charge in [0.15, 0.2) is 0 Å². The summed E-state index contributed by atoms with van der Waals surface area (Å²) in [5.41, 5.74) is 0. The zero-order chi connectivity index (χ0) is 10.1. The maximum Gasteiger partial charge on any atom is 0.391 e. The molecular formula is C9H15F3O. The molecule has 1 fully saturated rings. The Hall–Kier alpha value is -0.250. The SMILES string of the molecule is CC(O)C1CCCC(C(F)(F)F)C1. The summed E-state index contributed by atoms with van der Waals surface area (Å²) in [6.07, 6.45) is -3.05. The van der Waals surface area contributed by atoms with Crippen molar-refractivity contribution in [2.75, 3.05) is 0 Å². The predicted octanol–water partition coefficient (Wildman–Crippen LogP) is 2.74. The molecule has 0 spiro atoms. The molecule has 0 amide bonds. The first-order valence-electron chi connectivity index (χ1n) is 4.66. The van der Waals surface area contributed by atoms with Crippen molar-refractivity contribution in [1.29, 1.82) is 0 Å². The lowest BCUT2D eigenvalue weighted by atomic mass is 9.79. The third-order valence-electron chi connectivity index (χ3n) is 2.86. The maximum absolute atomic E-state index is 12.3. The number of aliphatic hydroxyl groups is 1. The fourth-order valence-corrected chi connectivity index (χ4v) is 1.96. The van der Waals surface area contributed by atoms with E-state index in [1.807, 2.05) is 0 Å². The van der Waals surface area contributed by atoms with Crippen LogP contribution in [-0.4, -0.2) is 17.4 Å². The van der Waals surface area contributed by atoms with Gasteiger partial charge in [0.1, 0.15) is 0 Å². The molecule has 1 saturated carbocycles. The Morgan fingerprint density at radius 2 is 1.92 bits per heavy atom. The minimum Gasteiger partial charge on any atom is -0.393 e. The van der Waals surface area contributed by atoms with Gasteiger partial charge in [-0.2, -0.15) is 13.2 Å². The first-order valence-corrected chi connectivity index (χ1v) is 4.66. The van der Waals surface area contributed by atoms with Crippen LogP contribution < -0.4 is 0 Å². The second-order valence-corrected chi connectivity index (χ2v) is 3.91. The quantitative estimate of drug-likeness (QED) is 0.683. The van der Waals surface area contributed by atoms with Crippen molar-refractivity contribution >= 4 is 0 Å². The van der Waals surface area contributed by atoms with Crippen molar-refractivity contribution in [2.45, 2.75) is 44.9 Å². The number of aliphatic hydroxyl groups excluding tert-OH is 1. The maximum atomic E-state index is 12.3. The summed E-state index contributed by atoms with van der Waals surface area (Å²) in [4.78, 5) is 0. The van der Waals surface area contributed by atoms with Crippen LogP contribution in [0.1, 0.15) is 32.6 Å². The highest BCUT2D eigenvalue weighted by molar-refractivity contribution is 4.79. The molecule has 4 heteroatoms. The largest absolute Gasteiger partial charge is 0.393 e. The Kier molecular flexibility index (Phi) is 3.22. The van der Waals surface area contributed by atoms with E-state index in [2.05, 4.69) is 0 Å². The average Bonchev–Trinajstić information content (AvgIpc) is 2.03. The minimum absolute atomic E-state index is 0.0984. The van der Waals surface area contributed by atoms with Crippen molar-refractivity contribution in [3.63, 3.8) is 0 Å². The van der Waals surface area contributed by atoms with Crippen molar-refractivity contribution in [3.05, 3.63) is 0 Å². The van der Waals surface area contributed by atoms with Crippen LogP contribution in [0.2, 0.25) is 0 Å². The van der Waals surface area contributed by atoms with E-state index in [-0.39, 0.29) is 18.8 Å². The van der Waals surface area contributed by atoms with Crippen LogP contribution in [0.3, 0.4) is 0 Å². The van der Waals surface area contributed by atoms with Gasteiger partial charge in [0.25, 0.3) is 0 Å². The molecule has 1 nitrogen and oxygen atoms in total. The highest BCUT2D eigenvalue weighted by Gasteiger charge is 2.42. The molecule has 1 aliphatic carbocycles. The first kappa shape index (κ1) is 10.8. The highest BCUT2D eigenvalue weighted by atomic mass is 19.4. The van der Waals surface area contributed by atoms with Crippen LogP contribution >= 0.6 is 0 Å². The zero-order valence-electron chi connectivity index (χ0n) is 7.64. The first-order chi connectivity index (χ1) is 5.91. The van der Waals surface area contributed by atoms with E-state index >= 15 is 0 Å². The van der Waals surface area contributed by atoms with Gasteiger partial charge in [-0.3, -0.25) is 0 Å². The molecule has 3 atom stereocenters. The molecule has 1 aliphatic rings. The summed E-state index contributed by atoms with van der Waals surface area (Å²) in [7, 11) is 0. The lowest BCUT2D eigenvalue weighted by Crippen LogP contribution is -2.32. The van der Waals surface area contributed by atoms with Gasteiger partial charge in [0.2, 0.25) is 0 Å². The lowest BCUT2D eigenvalue weighted by molar-refractivity contribution is -0.188. The molecule has 0 heterocycles. The smallest absolute Gasteiger partial charge is 0.391 e. The van der Waals surface area contributed by atoms with E-state index in [0.29, 0.717) is 6.42 Å². The summed E-state index contributed by atoms with van der Waals surface area (Å²) in [5, 5.41) is 9.19. The Labute approximate surface area is 75.9 Å². The molecule has 13 heavy (non-hydrogen) atoms. The normalized spacial score (nSPS) is 33.0. The third kappa shape index (κ3) is 2.86. The van der Waals surface area contributed by atoms with Crippen LogP contribution in [0.4, 0.5) is 13.2 Å². The molecule has 3 unspecified atom stereocenters. The van der Waals surface area contributed by atoms with Gasteiger partial charge in [-0.25, -0.2) is 0 Å². The summed E-state index contributed by atoms with van der Waals surface area (Å²) < 4.78 is 36.9. The number of hydrogen-bond acceptors (Lipinski definition) is 1. The zero-order valence-corrected chi connectivity index (χ0v) is 7.64. The van der Waals surface area contributed by atoms with E-state index < -0.39 is 18.2 Å². The summed E-state index contributed by atoms with van der Waals surface area (Å²) >= 11 is 0. The average molecular weight is 196 g/mol. The van der Waals surface area contributed by atoms with E-state index in [9.17, 15) is 18.3 Å². The molecule has 0 saturated heterocycles. The van der Waals surface area contributed by atoms with Crippen LogP contribution in [0.15, 0.2) is 0 Å². The molecule has 0 aromatic rings. The van der Waals surface area contributed by atoms with Crippen molar-refractivity contribution < 1.29 is 18.3 Å². The van der Waals surface area contributed by atoms with Crippen LogP contribution in [0.25, 0.3) is 0 Å². The molecule has 1 rings (SSSR count). The van der Waals surface area contributed by atoms with Gasteiger partial charge < -0.3 is 5.11 Å². The number of halogens is 3. The summed E-state index contributed by atoms with van der Waals surface area (Å²) in [6, 6.07) is 0. The van der Waals surface area contributed by atoms with E-state index in [1.54, 1.807) is 6.92 Å². The Morgan fingerprint density at radius 3 is 2.38 bits per heavy atom. The summed E-state index contributed by atoms with van der Waals surface area (Å²) in [6.45, 7) is 1.57. The molecular weight excluding hydrogens is 181 g/mol. The molecule has 0 aromatic heterocycles. The van der Waals surface area contributed by atoms with Gasteiger partial charge in [-0.05, 0) is 32.1 Å². The van der Waals surface area contributed by atoms with E-state index in [4.69, 9.17) is 0 Å². The molecule has 1 N–H and O–H groups in total. The van der Waals surface area contributed by atoms with Crippen molar-refractivity contribution in [2.24, 2.45) is 11.8 Å². The molecule has 0 aliphatic heterocycles. The van der Waals surface area contributed by atoms with Gasteiger partial charge in [0.05, 0.1) is 12.0 Å². The predicted molar refractivity (Wildman–Crippen MR) is 43.2 cm³/mol. The fourth-order valence-electron chi connectivity index (χ4n) is 1.96. The third-order valence-corrected chi connectivity index (χ3v) is 2.86. The molecule has 0 aromatic carbocycles. The van der Waals surface area contributed by atoms with Crippen LogP contribution in [-0.2, 0) is 0 Å². The van der Waals surface area contributed by atoms with Crippen LogP contribution in [0, 0.1) is 11.8 Å². The van der Waals surface area contributed by atoms with Crippen molar-refractivity contribution in [3.8, 4) is 0 Å². The lowest BCUT2D eigenvalue weighted by Gasteiger charge is -2.31. The van der Waals surface area contributed by atoms with Gasteiger partial charge in [0, 0.05) is 0 Å². The number of hydrogen-bond donors (Lipinski definition) is 1. The second-order valence-electron chi connectivity index (χ2n) is 3.91. The van der Waals surface area contributed by atoms with Gasteiger partial charge in [-0.15, -0.1) is 0 Å². The van der Waals surface area contributed by atoms with Gasteiger partial charge >= 0.3 is 6.18 Å². The Bertz CT molecular complexity index is 165. The van der Waals surface area contributed by atoms with Gasteiger partial charge in [-0.1, -0.05) is 6.42 Å². The number of rotatable bonds is 1. The highest BCUT2D eigenvalue weighted by Crippen LogP contribution is 2.40.